The lowest BCUT2D eigenvalue weighted by molar-refractivity contribution is 0.0926. The maximum Gasteiger partial charge on any atom is 0.251 e. The number of rotatable bonds is 2. The third-order valence-electron chi connectivity index (χ3n) is 3.80. The Morgan fingerprint density at radius 2 is 2.05 bits per heavy atom. The Labute approximate surface area is 118 Å². The van der Waals surface area contributed by atoms with Crippen molar-refractivity contribution in [3.8, 4) is 11.5 Å². The Hall–Kier alpha value is -1.75. The molecule has 0 aliphatic carbocycles. The van der Waals surface area contributed by atoms with Gasteiger partial charge >= 0.3 is 0 Å². The minimum Gasteiger partial charge on any atom is -0.486 e. The van der Waals surface area contributed by atoms with Crippen LogP contribution in [0, 0.1) is 0 Å². The zero-order valence-corrected chi connectivity index (χ0v) is 11.6. The SMILES string of the molecule is CC1CCC(NC(=O)c2ccc3c(c2)OCCO3)CN1. The summed E-state index contributed by atoms with van der Waals surface area (Å²) in [4.78, 5) is 12.2. The molecule has 0 saturated carbocycles. The van der Waals surface area contributed by atoms with Crippen LogP contribution in [0.2, 0.25) is 0 Å². The highest BCUT2D eigenvalue weighted by molar-refractivity contribution is 5.95. The molecule has 1 aromatic rings. The number of fused-ring (bicyclic) bond motifs is 1. The zero-order chi connectivity index (χ0) is 13.9. The lowest BCUT2D eigenvalue weighted by Gasteiger charge is -2.28. The fraction of sp³-hybridized carbons (Fsp3) is 0.533. The lowest BCUT2D eigenvalue weighted by Crippen LogP contribution is -2.48. The van der Waals surface area contributed by atoms with Crippen LogP contribution in [0.25, 0.3) is 0 Å². The molecule has 3 rings (SSSR count). The topological polar surface area (TPSA) is 59.6 Å². The summed E-state index contributed by atoms with van der Waals surface area (Å²) in [6, 6.07) is 6.07. The molecule has 2 N–H and O–H groups in total. The van der Waals surface area contributed by atoms with Gasteiger partial charge in [-0.05, 0) is 38.0 Å². The minimum absolute atomic E-state index is 0.0525. The molecular weight excluding hydrogens is 256 g/mol. The summed E-state index contributed by atoms with van der Waals surface area (Å²) in [6.45, 7) is 4.09. The zero-order valence-electron chi connectivity index (χ0n) is 11.6. The molecule has 2 unspecified atom stereocenters. The normalized spacial score (nSPS) is 25.1. The van der Waals surface area contributed by atoms with Gasteiger partial charge in [0.15, 0.2) is 11.5 Å². The summed E-state index contributed by atoms with van der Waals surface area (Å²) >= 11 is 0. The molecule has 5 heteroatoms. The van der Waals surface area contributed by atoms with Gasteiger partial charge in [-0.25, -0.2) is 0 Å². The maximum absolute atomic E-state index is 12.2. The van der Waals surface area contributed by atoms with E-state index in [0.717, 1.165) is 19.4 Å². The van der Waals surface area contributed by atoms with Crippen LogP contribution in [0.4, 0.5) is 0 Å². The smallest absolute Gasteiger partial charge is 0.251 e. The number of amides is 1. The quantitative estimate of drug-likeness (QED) is 0.855. The number of ether oxygens (including phenoxy) is 2. The van der Waals surface area contributed by atoms with Gasteiger partial charge in [-0.15, -0.1) is 0 Å². The summed E-state index contributed by atoms with van der Waals surface area (Å²) in [6.07, 6.45) is 2.11. The first-order chi connectivity index (χ1) is 9.72. The van der Waals surface area contributed by atoms with E-state index in [1.165, 1.54) is 0 Å². The van der Waals surface area contributed by atoms with Crippen molar-refractivity contribution in [3.05, 3.63) is 23.8 Å². The van der Waals surface area contributed by atoms with E-state index in [1.807, 2.05) is 0 Å². The van der Waals surface area contributed by atoms with Crippen molar-refractivity contribution in [2.24, 2.45) is 0 Å². The van der Waals surface area contributed by atoms with E-state index >= 15 is 0 Å². The molecule has 2 aliphatic rings. The average molecular weight is 276 g/mol. The molecule has 0 spiro atoms. The van der Waals surface area contributed by atoms with Gasteiger partial charge < -0.3 is 20.1 Å². The van der Waals surface area contributed by atoms with E-state index in [1.54, 1.807) is 18.2 Å². The van der Waals surface area contributed by atoms with E-state index in [9.17, 15) is 4.79 Å². The first-order valence-electron chi connectivity index (χ1n) is 7.16. The molecule has 20 heavy (non-hydrogen) atoms. The molecular formula is C15H20N2O3. The molecule has 2 atom stereocenters. The molecule has 2 aliphatic heterocycles. The lowest BCUT2D eigenvalue weighted by atomic mass is 10.0. The van der Waals surface area contributed by atoms with E-state index < -0.39 is 0 Å². The fourth-order valence-electron chi connectivity index (χ4n) is 2.58. The highest BCUT2D eigenvalue weighted by Crippen LogP contribution is 2.30. The van der Waals surface area contributed by atoms with Crippen LogP contribution >= 0.6 is 0 Å². The van der Waals surface area contributed by atoms with E-state index in [2.05, 4.69) is 17.6 Å². The summed E-state index contributed by atoms with van der Waals surface area (Å²) in [5.41, 5.74) is 0.618. The van der Waals surface area contributed by atoms with Crippen molar-refractivity contribution in [3.63, 3.8) is 0 Å². The molecule has 108 valence electrons. The summed E-state index contributed by atoms with van der Waals surface area (Å²) in [5, 5.41) is 6.44. The Morgan fingerprint density at radius 3 is 2.80 bits per heavy atom. The second-order valence-corrected chi connectivity index (χ2v) is 5.42. The van der Waals surface area contributed by atoms with Crippen LogP contribution in [0.3, 0.4) is 0 Å². The molecule has 2 heterocycles. The van der Waals surface area contributed by atoms with Crippen LogP contribution < -0.4 is 20.1 Å². The summed E-state index contributed by atoms with van der Waals surface area (Å²) < 4.78 is 11.0. The molecule has 0 radical (unpaired) electrons. The van der Waals surface area contributed by atoms with Crippen LogP contribution in [-0.2, 0) is 0 Å². The Balaban J connectivity index is 1.65. The van der Waals surface area contributed by atoms with Crippen LogP contribution in [-0.4, -0.2) is 37.7 Å². The van der Waals surface area contributed by atoms with Gasteiger partial charge in [0.25, 0.3) is 5.91 Å². The number of carbonyl (C=O) groups excluding carboxylic acids is 1. The van der Waals surface area contributed by atoms with Crippen LogP contribution in [0.1, 0.15) is 30.1 Å². The number of piperidine rings is 1. The second kappa shape index (κ2) is 5.71. The van der Waals surface area contributed by atoms with Gasteiger partial charge in [-0.3, -0.25) is 4.79 Å². The second-order valence-electron chi connectivity index (χ2n) is 5.42. The Morgan fingerprint density at radius 1 is 1.25 bits per heavy atom. The Kier molecular flexibility index (Phi) is 3.78. The molecule has 5 nitrogen and oxygen atoms in total. The van der Waals surface area contributed by atoms with E-state index in [4.69, 9.17) is 9.47 Å². The van der Waals surface area contributed by atoms with E-state index in [0.29, 0.717) is 36.3 Å². The highest BCUT2D eigenvalue weighted by atomic mass is 16.6. The van der Waals surface area contributed by atoms with Gasteiger partial charge in [0.05, 0.1) is 0 Å². The molecule has 0 aromatic heterocycles. The first kappa shape index (κ1) is 13.2. The largest absolute Gasteiger partial charge is 0.486 e. The average Bonchev–Trinajstić information content (AvgIpc) is 2.49. The van der Waals surface area contributed by atoms with Crippen molar-refractivity contribution in [1.29, 1.82) is 0 Å². The molecule has 1 aromatic carbocycles. The third kappa shape index (κ3) is 2.88. The van der Waals surface area contributed by atoms with Crippen molar-refractivity contribution in [2.75, 3.05) is 19.8 Å². The number of hydrogen-bond donors (Lipinski definition) is 2. The summed E-state index contributed by atoms with van der Waals surface area (Å²) in [5.74, 6) is 1.31. The predicted molar refractivity (Wildman–Crippen MR) is 75.4 cm³/mol. The Bertz CT molecular complexity index is 496. The number of hydrogen-bond acceptors (Lipinski definition) is 4. The number of benzene rings is 1. The van der Waals surface area contributed by atoms with Crippen LogP contribution in [0.15, 0.2) is 18.2 Å². The van der Waals surface area contributed by atoms with Crippen molar-refractivity contribution in [2.45, 2.75) is 31.8 Å². The van der Waals surface area contributed by atoms with E-state index in [-0.39, 0.29) is 11.9 Å². The maximum atomic E-state index is 12.2. The number of carbonyl (C=O) groups is 1. The van der Waals surface area contributed by atoms with Gasteiger partial charge in [-0.2, -0.15) is 0 Å². The van der Waals surface area contributed by atoms with Gasteiger partial charge in [0.1, 0.15) is 13.2 Å². The summed E-state index contributed by atoms with van der Waals surface area (Å²) in [7, 11) is 0. The fourth-order valence-corrected chi connectivity index (χ4v) is 2.58. The van der Waals surface area contributed by atoms with Gasteiger partial charge in [0.2, 0.25) is 0 Å². The standard InChI is InChI=1S/C15H20N2O3/c1-10-2-4-12(9-16-10)17-15(18)11-3-5-13-14(8-11)20-7-6-19-13/h3,5,8,10,12,16H,2,4,6-7,9H2,1H3,(H,17,18). The van der Waals surface area contributed by atoms with Crippen molar-refractivity contribution < 1.29 is 14.3 Å². The van der Waals surface area contributed by atoms with Crippen molar-refractivity contribution in [1.82, 2.24) is 10.6 Å². The minimum atomic E-state index is -0.0525. The van der Waals surface area contributed by atoms with Gasteiger partial charge in [0, 0.05) is 24.2 Å². The number of nitrogens with one attached hydrogen (secondary N) is 2. The highest BCUT2D eigenvalue weighted by Gasteiger charge is 2.21. The molecule has 1 saturated heterocycles. The molecule has 0 bridgehead atoms. The first-order valence-corrected chi connectivity index (χ1v) is 7.16. The molecule has 1 fully saturated rings. The van der Waals surface area contributed by atoms with Crippen molar-refractivity contribution >= 4 is 5.91 Å². The predicted octanol–water partition coefficient (Wildman–Crippen LogP) is 1.33. The van der Waals surface area contributed by atoms with Crippen LogP contribution in [0.5, 0.6) is 11.5 Å². The van der Waals surface area contributed by atoms with Gasteiger partial charge in [-0.1, -0.05) is 0 Å². The monoisotopic (exact) mass is 276 g/mol. The molecule has 1 amide bonds. The third-order valence-corrected chi connectivity index (χ3v) is 3.80.